The van der Waals surface area contributed by atoms with Crippen LogP contribution in [-0.2, 0) is 19.1 Å². The minimum Gasteiger partial charge on any atom is -0.462 e. The molecule has 0 fully saturated rings. The Labute approximate surface area is 261 Å². The molecule has 0 aliphatic carbocycles. The van der Waals surface area contributed by atoms with Gasteiger partial charge in [-0.15, -0.1) is 0 Å². The van der Waals surface area contributed by atoms with Crippen LogP contribution < -0.4 is 0 Å². The maximum absolute atomic E-state index is 12.1. The molecule has 0 aromatic heterocycles. The van der Waals surface area contributed by atoms with E-state index in [2.05, 4.69) is 26.0 Å². The van der Waals surface area contributed by atoms with E-state index in [-0.39, 0.29) is 25.2 Å². The van der Waals surface area contributed by atoms with Crippen LogP contribution in [0.25, 0.3) is 0 Å². The fraction of sp³-hybridized carbons (Fsp3) is 0.892. The summed E-state index contributed by atoms with van der Waals surface area (Å²) in [5.74, 6) is -0.594. The second kappa shape index (κ2) is 34.1. The molecule has 248 valence electrons. The molecule has 1 atom stereocenters. The molecule has 0 rings (SSSR count). The first-order chi connectivity index (χ1) is 20.6. The standard InChI is InChI=1S/C37H70O5/c1-3-5-7-9-11-12-13-14-15-16-17-18-19-20-21-22-23-24-26-28-30-32-37(40)42-35(33-38)34-41-36(39)31-29-27-25-10-8-6-4-2/h16-17,35,38H,3-15,18-34H2,1-2H3/b17-16-. The molecule has 0 heterocycles. The number of aliphatic hydroxyl groups is 1. The zero-order chi connectivity index (χ0) is 30.8. The second-order valence-electron chi connectivity index (χ2n) is 12.3. The van der Waals surface area contributed by atoms with Crippen molar-refractivity contribution < 1.29 is 24.2 Å². The zero-order valence-electron chi connectivity index (χ0n) is 28.0. The SMILES string of the molecule is CCCCCCCCCC/C=C\CCCCCCCCCCCC(=O)OC(CO)COC(=O)CCCCCCCCC. The third-order valence-corrected chi connectivity index (χ3v) is 8.06. The van der Waals surface area contributed by atoms with Gasteiger partial charge in [0, 0.05) is 12.8 Å². The number of aliphatic hydroxyl groups excluding tert-OH is 1. The topological polar surface area (TPSA) is 72.8 Å². The van der Waals surface area contributed by atoms with Gasteiger partial charge in [0.15, 0.2) is 6.10 Å². The van der Waals surface area contributed by atoms with Gasteiger partial charge in [-0.3, -0.25) is 9.59 Å². The van der Waals surface area contributed by atoms with Gasteiger partial charge in [0.25, 0.3) is 0 Å². The monoisotopic (exact) mass is 595 g/mol. The molecular weight excluding hydrogens is 524 g/mol. The summed E-state index contributed by atoms with van der Waals surface area (Å²) in [5, 5.41) is 9.48. The maximum Gasteiger partial charge on any atom is 0.306 e. The van der Waals surface area contributed by atoms with Crippen molar-refractivity contribution in [3.63, 3.8) is 0 Å². The molecule has 0 aromatic rings. The number of unbranched alkanes of at least 4 members (excludes halogenated alkanes) is 23. The molecule has 0 radical (unpaired) electrons. The lowest BCUT2D eigenvalue weighted by Gasteiger charge is -2.15. The van der Waals surface area contributed by atoms with Crippen molar-refractivity contribution in [2.45, 2.75) is 200 Å². The van der Waals surface area contributed by atoms with Crippen LogP contribution in [-0.4, -0.2) is 36.4 Å². The third-order valence-electron chi connectivity index (χ3n) is 8.06. The molecule has 0 saturated carbocycles. The predicted octanol–water partition coefficient (Wildman–Crippen LogP) is 11.0. The fourth-order valence-electron chi connectivity index (χ4n) is 5.25. The zero-order valence-corrected chi connectivity index (χ0v) is 28.0. The number of rotatable bonds is 33. The number of hydrogen-bond acceptors (Lipinski definition) is 5. The fourth-order valence-corrected chi connectivity index (χ4v) is 5.25. The number of carbonyl (C=O) groups is 2. The summed E-state index contributed by atoms with van der Waals surface area (Å²) in [5.41, 5.74) is 0. The van der Waals surface area contributed by atoms with Crippen LogP contribution in [0, 0.1) is 0 Å². The second-order valence-corrected chi connectivity index (χ2v) is 12.3. The number of hydrogen-bond donors (Lipinski definition) is 1. The number of ether oxygens (including phenoxy) is 2. The average molecular weight is 595 g/mol. The number of carbonyl (C=O) groups excluding carboxylic acids is 2. The summed E-state index contributed by atoms with van der Waals surface area (Å²) < 4.78 is 10.5. The van der Waals surface area contributed by atoms with E-state index in [0.717, 1.165) is 38.5 Å². The molecule has 0 aromatic carbocycles. The predicted molar refractivity (Wildman–Crippen MR) is 178 cm³/mol. The first kappa shape index (κ1) is 40.6. The van der Waals surface area contributed by atoms with E-state index in [1.165, 1.54) is 128 Å². The summed E-state index contributed by atoms with van der Waals surface area (Å²) in [6, 6.07) is 0. The largest absolute Gasteiger partial charge is 0.462 e. The van der Waals surface area contributed by atoms with Crippen molar-refractivity contribution in [2.24, 2.45) is 0 Å². The Kier molecular flexibility index (Phi) is 33.0. The van der Waals surface area contributed by atoms with Crippen molar-refractivity contribution in [1.82, 2.24) is 0 Å². The summed E-state index contributed by atoms with van der Waals surface area (Å²) >= 11 is 0. The third kappa shape index (κ3) is 31.6. The average Bonchev–Trinajstić information content (AvgIpc) is 2.99. The first-order valence-electron chi connectivity index (χ1n) is 18.2. The van der Waals surface area contributed by atoms with E-state index in [4.69, 9.17) is 9.47 Å². The van der Waals surface area contributed by atoms with E-state index in [9.17, 15) is 14.7 Å². The smallest absolute Gasteiger partial charge is 0.306 e. The van der Waals surface area contributed by atoms with Crippen LogP contribution in [0.1, 0.15) is 194 Å². The molecule has 0 saturated heterocycles. The summed E-state index contributed by atoms with van der Waals surface area (Å²) in [6.07, 6.45) is 37.2. The van der Waals surface area contributed by atoms with E-state index < -0.39 is 6.10 Å². The van der Waals surface area contributed by atoms with Crippen LogP contribution in [0.15, 0.2) is 12.2 Å². The highest BCUT2D eigenvalue weighted by Crippen LogP contribution is 2.14. The van der Waals surface area contributed by atoms with E-state index >= 15 is 0 Å². The Morgan fingerprint density at radius 3 is 1.29 bits per heavy atom. The lowest BCUT2D eigenvalue weighted by molar-refractivity contribution is -0.161. The van der Waals surface area contributed by atoms with E-state index in [0.29, 0.717) is 12.8 Å². The Morgan fingerprint density at radius 2 is 0.881 bits per heavy atom. The highest BCUT2D eigenvalue weighted by Gasteiger charge is 2.16. The van der Waals surface area contributed by atoms with Gasteiger partial charge in [-0.25, -0.2) is 0 Å². The first-order valence-corrected chi connectivity index (χ1v) is 18.2. The van der Waals surface area contributed by atoms with Gasteiger partial charge in [0.2, 0.25) is 0 Å². The molecule has 5 heteroatoms. The molecule has 0 amide bonds. The van der Waals surface area contributed by atoms with Gasteiger partial charge in [-0.2, -0.15) is 0 Å². The molecule has 1 unspecified atom stereocenters. The van der Waals surface area contributed by atoms with E-state index in [1.807, 2.05) is 0 Å². The lowest BCUT2D eigenvalue weighted by Crippen LogP contribution is -2.28. The molecule has 42 heavy (non-hydrogen) atoms. The van der Waals surface area contributed by atoms with Crippen molar-refractivity contribution in [1.29, 1.82) is 0 Å². The Balaban J connectivity index is 3.48. The Bertz CT molecular complexity index is 603. The molecule has 0 bridgehead atoms. The highest BCUT2D eigenvalue weighted by atomic mass is 16.6. The minimum absolute atomic E-state index is 0.0623. The Hall–Kier alpha value is -1.36. The van der Waals surface area contributed by atoms with Crippen LogP contribution in [0.4, 0.5) is 0 Å². The molecule has 0 aliphatic heterocycles. The van der Waals surface area contributed by atoms with Gasteiger partial charge in [-0.1, -0.05) is 154 Å². The Morgan fingerprint density at radius 1 is 0.524 bits per heavy atom. The minimum atomic E-state index is -0.763. The molecule has 1 N–H and O–H groups in total. The summed E-state index contributed by atoms with van der Waals surface area (Å²) in [4.78, 5) is 24.0. The normalized spacial score (nSPS) is 12.2. The van der Waals surface area contributed by atoms with E-state index in [1.54, 1.807) is 0 Å². The molecule has 0 aliphatic rings. The molecular formula is C37H70O5. The van der Waals surface area contributed by atoms with Gasteiger partial charge in [-0.05, 0) is 38.5 Å². The molecule has 5 nitrogen and oxygen atoms in total. The lowest BCUT2D eigenvalue weighted by atomic mass is 10.1. The quantitative estimate of drug-likeness (QED) is 0.0465. The van der Waals surface area contributed by atoms with Gasteiger partial charge >= 0.3 is 11.9 Å². The van der Waals surface area contributed by atoms with Crippen molar-refractivity contribution in [3.05, 3.63) is 12.2 Å². The van der Waals surface area contributed by atoms with Gasteiger partial charge < -0.3 is 14.6 Å². The molecule has 0 spiro atoms. The summed E-state index contributed by atoms with van der Waals surface area (Å²) in [6.45, 7) is 4.09. The van der Waals surface area contributed by atoms with Crippen LogP contribution in [0.3, 0.4) is 0 Å². The maximum atomic E-state index is 12.1. The highest BCUT2D eigenvalue weighted by molar-refractivity contribution is 5.70. The number of esters is 2. The van der Waals surface area contributed by atoms with Crippen molar-refractivity contribution >= 4 is 11.9 Å². The van der Waals surface area contributed by atoms with Crippen molar-refractivity contribution in [3.8, 4) is 0 Å². The van der Waals surface area contributed by atoms with Gasteiger partial charge in [0.1, 0.15) is 6.61 Å². The van der Waals surface area contributed by atoms with Gasteiger partial charge in [0.05, 0.1) is 6.61 Å². The van der Waals surface area contributed by atoms with Crippen LogP contribution in [0.2, 0.25) is 0 Å². The van der Waals surface area contributed by atoms with Crippen molar-refractivity contribution in [2.75, 3.05) is 13.2 Å². The van der Waals surface area contributed by atoms with Crippen LogP contribution >= 0.6 is 0 Å². The summed E-state index contributed by atoms with van der Waals surface area (Å²) in [7, 11) is 0. The van der Waals surface area contributed by atoms with Crippen LogP contribution in [0.5, 0.6) is 0 Å². The number of allylic oxidation sites excluding steroid dienone is 2.